The minimum absolute atomic E-state index is 0. The zero-order valence-corrected chi connectivity index (χ0v) is 24.4. The van der Waals surface area contributed by atoms with Gasteiger partial charge in [-0.25, -0.2) is 9.97 Å². The summed E-state index contributed by atoms with van der Waals surface area (Å²) in [6.07, 6.45) is -0.392. The molecule has 0 bridgehead atoms. The van der Waals surface area contributed by atoms with Crippen LogP contribution in [0.15, 0.2) is 72.9 Å². The highest BCUT2D eigenvalue weighted by Crippen LogP contribution is 2.36. The standard InChI is InChI=1S/C28H28F3N7.3ClH/c29-28(30,31)21-8-4-7-20(17-21)26-23(18-25(36-37-26)38-15-11-22(32)12-16-38)24-10-14-34-27(35-24)33-13-9-19-5-2-1-3-6-19;;;/h1-8,10,14,17-18,22H,9,11-13,15-16,32H2,(H,33,34,35);3*1H. The predicted molar refractivity (Wildman–Crippen MR) is 163 cm³/mol. The number of anilines is 2. The van der Waals surface area contributed by atoms with Gasteiger partial charge in [-0.1, -0.05) is 42.5 Å². The van der Waals surface area contributed by atoms with Crippen LogP contribution in [0.5, 0.6) is 0 Å². The third-order valence-corrected chi connectivity index (χ3v) is 6.58. The largest absolute Gasteiger partial charge is 0.416 e. The third-order valence-electron chi connectivity index (χ3n) is 6.58. The molecule has 1 saturated heterocycles. The van der Waals surface area contributed by atoms with Crippen LogP contribution in [0.25, 0.3) is 22.5 Å². The Morgan fingerprint density at radius 3 is 2.34 bits per heavy atom. The van der Waals surface area contributed by atoms with Crippen molar-refractivity contribution in [1.29, 1.82) is 0 Å². The summed E-state index contributed by atoms with van der Waals surface area (Å²) in [5.41, 5.74) is 8.26. The van der Waals surface area contributed by atoms with E-state index >= 15 is 0 Å². The summed E-state index contributed by atoms with van der Waals surface area (Å²) in [4.78, 5) is 11.1. The minimum atomic E-state index is -4.47. The first-order chi connectivity index (χ1) is 18.4. The van der Waals surface area contributed by atoms with E-state index in [1.54, 1.807) is 18.3 Å². The van der Waals surface area contributed by atoms with Crippen molar-refractivity contribution in [2.24, 2.45) is 5.73 Å². The maximum atomic E-state index is 13.5. The second kappa shape index (κ2) is 15.2. The van der Waals surface area contributed by atoms with E-state index in [9.17, 15) is 13.2 Å². The van der Waals surface area contributed by atoms with Gasteiger partial charge in [0.2, 0.25) is 5.95 Å². The second-order valence-corrected chi connectivity index (χ2v) is 9.30. The van der Waals surface area contributed by atoms with Gasteiger partial charge in [0.15, 0.2) is 5.82 Å². The molecule has 1 fully saturated rings. The molecule has 0 unspecified atom stereocenters. The number of nitrogens with one attached hydrogen (secondary N) is 1. The molecule has 3 heterocycles. The molecule has 2 aromatic carbocycles. The molecule has 1 aliphatic rings. The van der Waals surface area contributed by atoms with Gasteiger partial charge in [0.1, 0.15) is 5.69 Å². The van der Waals surface area contributed by atoms with E-state index in [1.807, 2.05) is 24.3 Å². The number of rotatable bonds is 7. The lowest BCUT2D eigenvalue weighted by atomic mass is 10.0. The minimum Gasteiger partial charge on any atom is -0.355 e. The summed E-state index contributed by atoms with van der Waals surface area (Å²) in [6.45, 7) is 2.09. The first-order valence-corrected chi connectivity index (χ1v) is 12.5. The highest BCUT2D eigenvalue weighted by molar-refractivity contribution is 5.86. The molecular weight excluding hydrogens is 598 g/mol. The first kappa shape index (κ1) is 34.0. The number of benzene rings is 2. The van der Waals surface area contributed by atoms with Crippen molar-refractivity contribution in [3.8, 4) is 22.5 Å². The van der Waals surface area contributed by atoms with Crippen LogP contribution in [0.4, 0.5) is 24.9 Å². The molecule has 0 aliphatic carbocycles. The number of nitrogens with zero attached hydrogens (tertiary/aromatic N) is 5. The topological polar surface area (TPSA) is 92.8 Å². The van der Waals surface area contributed by atoms with Crippen LogP contribution in [0, 0.1) is 0 Å². The fourth-order valence-electron chi connectivity index (χ4n) is 4.47. The Bertz CT molecular complexity index is 1390. The number of aromatic nitrogens is 4. The average Bonchev–Trinajstić information content (AvgIpc) is 2.94. The van der Waals surface area contributed by atoms with Gasteiger partial charge in [0.05, 0.1) is 11.3 Å². The summed E-state index contributed by atoms with van der Waals surface area (Å²) in [6, 6.07) is 18.9. The van der Waals surface area contributed by atoms with Crippen molar-refractivity contribution in [3.63, 3.8) is 0 Å². The van der Waals surface area contributed by atoms with Gasteiger partial charge in [-0.3, -0.25) is 0 Å². The van der Waals surface area contributed by atoms with E-state index < -0.39 is 11.7 Å². The van der Waals surface area contributed by atoms with Crippen molar-refractivity contribution < 1.29 is 13.2 Å². The zero-order chi connectivity index (χ0) is 26.5. The molecule has 0 spiro atoms. The fourth-order valence-corrected chi connectivity index (χ4v) is 4.47. The van der Waals surface area contributed by atoms with Crippen molar-refractivity contribution in [3.05, 3.63) is 84.1 Å². The van der Waals surface area contributed by atoms with Gasteiger partial charge in [0.25, 0.3) is 0 Å². The maximum Gasteiger partial charge on any atom is 0.416 e. The normalized spacial score (nSPS) is 13.4. The molecule has 0 radical (unpaired) electrons. The van der Waals surface area contributed by atoms with E-state index in [-0.39, 0.29) is 43.3 Å². The van der Waals surface area contributed by atoms with Crippen LogP contribution in [0.1, 0.15) is 24.0 Å². The summed E-state index contributed by atoms with van der Waals surface area (Å²) < 4.78 is 40.4. The van der Waals surface area contributed by atoms with Crippen LogP contribution in [-0.4, -0.2) is 45.8 Å². The monoisotopic (exact) mass is 627 g/mol. The van der Waals surface area contributed by atoms with Gasteiger partial charge in [0, 0.05) is 43.0 Å². The van der Waals surface area contributed by atoms with Crippen LogP contribution in [0.3, 0.4) is 0 Å². The molecule has 13 heteroatoms. The number of alkyl halides is 3. The lowest BCUT2D eigenvalue weighted by Crippen LogP contribution is -2.40. The predicted octanol–water partition coefficient (Wildman–Crippen LogP) is 6.47. The zero-order valence-electron chi connectivity index (χ0n) is 21.9. The highest BCUT2D eigenvalue weighted by Gasteiger charge is 2.31. The van der Waals surface area contributed by atoms with Crippen molar-refractivity contribution in [2.45, 2.75) is 31.5 Å². The Morgan fingerprint density at radius 2 is 1.63 bits per heavy atom. The molecular formula is C28H31Cl3F3N7. The lowest BCUT2D eigenvalue weighted by molar-refractivity contribution is -0.137. The Kier molecular flexibility index (Phi) is 12.6. The van der Waals surface area contributed by atoms with Crippen LogP contribution in [-0.2, 0) is 12.6 Å². The molecule has 3 N–H and O–H groups in total. The lowest BCUT2D eigenvalue weighted by Gasteiger charge is -2.31. The van der Waals surface area contributed by atoms with Crippen LogP contribution in [0.2, 0.25) is 0 Å². The number of hydrogen-bond acceptors (Lipinski definition) is 7. The Labute approximate surface area is 255 Å². The Hall–Kier alpha value is -3.18. The quantitative estimate of drug-likeness (QED) is 0.242. The van der Waals surface area contributed by atoms with Crippen molar-refractivity contribution in [2.75, 3.05) is 29.9 Å². The number of piperidine rings is 1. The molecule has 4 aromatic rings. The molecule has 220 valence electrons. The molecule has 0 amide bonds. The second-order valence-electron chi connectivity index (χ2n) is 9.30. The smallest absolute Gasteiger partial charge is 0.355 e. The van der Waals surface area contributed by atoms with E-state index in [0.717, 1.165) is 44.5 Å². The van der Waals surface area contributed by atoms with Gasteiger partial charge in [-0.05, 0) is 49.1 Å². The van der Waals surface area contributed by atoms with Crippen LogP contribution < -0.4 is 16.0 Å². The van der Waals surface area contributed by atoms with E-state index in [0.29, 0.717) is 40.8 Å². The summed E-state index contributed by atoms with van der Waals surface area (Å²) in [5, 5.41) is 12.0. The Balaban J connectivity index is 0.00000196. The van der Waals surface area contributed by atoms with Gasteiger partial charge in [-0.15, -0.1) is 47.4 Å². The molecule has 5 rings (SSSR count). The number of nitrogens with two attached hydrogens (primary N) is 1. The number of halogens is 6. The first-order valence-electron chi connectivity index (χ1n) is 12.5. The molecule has 7 nitrogen and oxygen atoms in total. The average molecular weight is 629 g/mol. The SMILES string of the molecule is Cl.Cl.Cl.NC1CCN(c2cc(-c3ccnc(NCCc4ccccc4)n3)c(-c3cccc(C(F)(F)F)c3)nn2)CC1. The van der Waals surface area contributed by atoms with Crippen LogP contribution >= 0.6 is 37.2 Å². The van der Waals surface area contributed by atoms with E-state index in [2.05, 4.69) is 42.5 Å². The van der Waals surface area contributed by atoms with E-state index in [1.165, 1.54) is 11.6 Å². The van der Waals surface area contributed by atoms with Gasteiger partial charge >= 0.3 is 6.18 Å². The summed E-state index contributed by atoms with van der Waals surface area (Å²) in [7, 11) is 0. The maximum absolute atomic E-state index is 13.5. The van der Waals surface area contributed by atoms with E-state index in [4.69, 9.17) is 5.73 Å². The molecule has 2 aromatic heterocycles. The fraction of sp³-hybridized carbons (Fsp3) is 0.286. The summed E-state index contributed by atoms with van der Waals surface area (Å²) in [5.74, 6) is 1.07. The molecule has 1 aliphatic heterocycles. The number of hydrogen-bond donors (Lipinski definition) is 2. The van der Waals surface area contributed by atoms with Crippen molar-refractivity contribution in [1.82, 2.24) is 20.2 Å². The van der Waals surface area contributed by atoms with Gasteiger partial charge < -0.3 is 16.0 Å². The molecule has 41 heavy (non-hydrogen) atoms. The Morgan fingerprint density at radius 1 is 0.902 bits per heavy atom. The highest BCUT2D eigenvalue weighted by atomic mass is 35.5. The van der Waals surface area contributed by atoms with Gasteiger partial charge in [-0.2, -0.15) is 13.2 Å². The molecule has 0 saturated carbocycles. The van der Waals surface area contributed by atoms with Crippen molar-refractivity contribution >= 4 is 49.0 Å². The summed E-state index contributed by atoms with van der Waals surface area (Å²) >= 11 is 0. The molecule has 0 atom stereocenters. The third kappa shape index (κ3) is 8.65.